The molecule has 3 fully saturated rings. The van der Waals surface area contributed by atoms with E-state index in [1.165, 1.54) is 38.8 Å². The van der Waals surface area contributed by atoms with E-state index in [4.69, 9.17) is 0 Å². The fraction of sp³-hybridized carbons (Fsp3) is 0.923. The van der Waals surface area contributed by atoms with Crippen molar-refractivity contribution in [1.82, 2.24) is 15.5 Å². The Labute approximate surface area is 127 Å². The van der Waals surface area contributed by atoms with Crippen LogP contribution in [0.2, 0.25) is 0 Å². The van der Waals surface area contributed by atoms with Gasteiger partial charge in [-0.25, -0.2) is 0 Å². The van der Waals surface area contributed by atoms with E-state index in [-0.39, 0.29) is 24.0 Å². The Kier molecular flexibility index (Phi) is 4.75. The summed E-state index contributed by atoms with van der Waals surface area (Å²) >= 11 is 0. The van der Waals surface area contributed by atoms with Crippen LogP contribution in [0.1, 0.15) is 32.6 Å². The van der Waals surface area contributed by atoms with E-state index in [1.54, 1.807) is 0 Å². The van der Waals surface area contributed by atoms with Gasteiger partial charge in [-0.2, -0.15) is 0 Å². The van der Waals surface area contributed by atoms with Crippen molar-refractivity contribution in [3.05, 3.63) is 0 Å². The van der Waals surface area contributed by atoms with Gasteiger partial charge in [0.15, 0.2) is 5.96 Å². The molecule has 1 heterocycles. The zero-order valence-electron chi connectivity index (χ0n) is 11.4. The molecule has 0 radical (unpaired) electrons. The first-order valence-corrected chi connectivity index (χ1v) is 7.00. The maximum absolute atomic E-state index is 4.33. The Morgan fingerprint density at radius 1 is 1.22 bits per heavy atom. The molecule has 0 spiro atoms. The largest absolute Gasteiger partial charge is 0.353 e. The van der Waals surface area contributed by atoms with Crippen LogP contribution in [0.15, 0.2) is 4.99 Å². The molecule has 1 aliphatic heterocycles. The van der Waals surface area contributed by atoms with Crippen LogP contribution < -0.4 is 10.6 Å². The Balaban J connectivity index is 0.00000120. The fourth-order valence-electron chi connectivity index (χ4n) is 2.74. The average Bonchev–Trinajstić information content (AvgIpc) is 3.22. The number of halogens is 1. The van der Waals surface area contributed by atoms with Gasteiger partial charge in [-0.05, 0) is 31.6 Å². The van der Waals surface area contributed by atoms with Crippen molar-refractivity contribution in [2.24, 2.45) is 10.9 Å². The molecule has 3 atom stereocenters. The quantitative estimate of drug-likeness (QED) is 0.452. The molecule has 0 bridgehead atoms. The van der Waals surface area contributed by atoms with Crippen molar-refractivity contribution in [3.63, 3.8) is 0 Å². The van der Waals surface area contributed by atoms with E-state index in [1.807, 2.05) is 7.05 Å². The minimum Gasteiger partial charge on any atom is -0.353 e. The molecular weight excluding hydrogens is 339 g/mol. The number of guanidine groups is 1. The van der Waals surface area contributed by atoms with Crippen LogP contribution in [0, 0.1) is 5.92 Å². The molecule has 4 nitrogen and oxygen atoms in total. The van der Waals surface area contributed by atoms with Crippen LogP contribution in [-0.4, -0.2) is 49.1 Å². The number of likely N-dealkylation sites (tertiary alicyclic amines) is 1. The molecule has 3 aliphatic rings. The Hall–Kier alpha value is -0.0400. The summed E-state index contributed by atoms with van der Waals surface area (Å²) in [5.41, 5.74) is 0. The third-order valence-corrected chi connectivity index (χ3v) is 4.28. The van der Waals surface area contributed by atoms with Gasteiger partial charge in [-0.3, -0.25) is 9.89 Å². The van der Waals surface area contributed by atoms with Crippen LogP contribution in [-0.2, 0) is 0 Å². The smallest absolute Gasteiger partial charge is 0.191 e. The number of hydrogen-bond acceptors (Lipinski definition) is 2. The molecule has 104 valence electrons. The molecule has 0 aromatic rings. The molecule has 3 unspecified atom stereocenters. The lowest BCUT2D eigenvalue weighted by Gasteiger charge is -2.18. The van der Waals surface area contributed by atoms with Crippen LogP contribution in [0.3, 0.4) is 0 Å². The molecule has 0 amide bonds. The molecule has 2 N–H and O–H groups in total. The lowest BCUT2D eigenvalue weighted by molar-refractivity contribution is 0.321. The Morgan fingerprint density at radius 3 is 2.50 bits per heavy atom. The van der Waals surface area contributed by atoms with E-state index in [9.17, 15) is 0 Å². The second-order valence-corrected chi connectivity index (χ2v) is 5.89. The van der Waals surface area contributed by atoms with E-state index >= 15 is 0 Å². The summed E-state index contributed by atoms with van der Waals surface area (Å²) in [6.07, 6.45) is 5.38. The van der Waals surface area contributed by atoms with Crippen molar-refractivity contribution >= 4 is 29.9 Å². The highest BCUT2D eigenvalue weighted by Gasteiger charge is 2.36. The summed E-state index contributed by atoms with van der Waals surface area (Å²) in [5.74, 6) is 1.82. The highest BCUT2D eigenvalue weighted by molar-refractivity contribution is 14.0. The summed E-state index contributed by atoms with van der Waals surface area (Å²) in [4.78, 5) is 6.96. The second kappa shape index (κ2) is 5.94. The predicted octanol–water partition coefficient (Wildman–Crippen LogP) is 1.41. The van der Waals surface area contributed by atoms with Gasteiger partial charge < -0.3 is 10.6 Å². The molecule has 2 saturated carbocycles. The minimum atomic E-state index is 0. The molecule has 5 heteroatoms. The summed E-state index contributed by atoms with van der Waals surface area (Å²) in [5, 5.41) is 7.06. The van der Waals surface area contributed by atoms with Gasteiger partial charge in [0.2, 0.25) is 0 Å². The maximum Gasteiger partial charge on any atom is 0.191 e. The molecule has 2 aliphatic carbocycles. The van der Waals surface area contributed by atoms with Gasteiger partial charge >= 0.3 is 0 Å². The third kappa shape index (κ3) is 3.50. The van der Waals surface area contributed by atoms with Gasteiger partial charge in [-0.15, -0.1) is 24.0 Å². The summed E-state index contributed by atoms with van der Waals surface area (Å²) in [7, 11) is 1.87. The second-order valence-electron chi connectivity index (χ2n) is 5.89. The third-order valence-electron chi connectivity index (χ3n) is 4.28. The van der Waals surface area contributed by atoms with Crippen molar-refractivity contribution in [1.29, 1.82) is 0 Å². The summed E-state index contributed by atoms with van der Waals surface area (Å²) < 4.78 is 0. The Bertz CT molecular complexity index is 316. The highest BCUT2D eigenvalue weighted by atomic mass is 127. The molecular formula is C13H25IN4. The van der Waals surface area contributed by atoms with Crippen molar-refractivity contribution in [3.8, 4) is 0 Å². The van der Waals surface area contributed by atoms with Gasteiger partial charge in [0.05, 0.1) is 0 Å². The van der Waals surface area contributed by atoms with E-state index in [0.717, 1.165) is 17.9 Å². The van der Waals surface area contributed by atoms with Gasteiger partial charge in [0, 0.05) is 38.3 Å². The monoisotopic (exact) mass is 364 g/mol. The minimum absolute atomic E-state index is 0. The standard InChI is InChI=1S/C13H24N4.HI/c1-9-7-12(9)16-13(14-2)15-10-5-6-17(8-10)11-3-4-11;/h9-12H,3-8H2,1-2H3,(H2,14,15,16);1H. The number of nitrogens with zero attached hydrogens (tertiary/aromatic N) is 2. The lowest BCUT2D eigenvalue weighted by atomic mass is 10.3. The maximum atomic E-state index is 4.33. The van der Waals surface area contributed by atoms with Crippen LogP contribution in [0.4, 0.5) is 0 Å². The molecule has 1 saturated heterocycles. The number of rotatable bonds is 3. The van der Waals surface area contributed by atoms with Crippen LogP contribution >= 0.6 is 24.0 Å². The first-order chi connectivity index (χ1) is 8.26. The number of nitrogens with one attached hydrogen (secondary N) is 2. The molecule has 18 heavy (non-hydrogen) atoms. The molecule has 0 aromatic heterocycles. The number of hydrogen-bond donors (Lipinski definition) is 2. The van der Waals surface area contributed by atoms with Crippen molar-refractivity contribution in [2.75, 3.05) is 20.1 Å². The van der Waals surface area contributed by atoms with Crippen molar-refractivity contribution < 1.29 is 0 Å². The fourth-order valence-corrected chi connectivity index (χ4v) is 2.74. The van der Waals surface area contributed by atoms with E-state index < -0.39 is 0 Å². The average molecular weight is 364 g/mol. The first kappa shape index (κ1) is 14.4. The van der Waals surface area contributed by atoms with Crippen LogP contribution in [0.5, 0.6) is 0 Å². The SMILES string of the molecule is CN=C(NC1CCN(C2CC2)C1)NC1CC1C.I. The number of aliphatic imine (C=N–C) groups is 1. The van der Waals surface area contributed by atoms with Crippen molar-refractivity contribution in [2.45, 2.75) is 50.7 Å². The zero-order valence-corrected chi connectivity index (χ0v) is 13.7. The normalized spacial score (nSPS) is 36.1. The van der Waals surface area contributed by atoms with E-state index in [0.29, 0.717) is 12.1 Å². The first-order valence-electron chi connectivity index (χ1n) is 7.00. The summed E-state index contributed by atoms with van der Waals surface area (Å²) in [6.45, 7) is 4.75. The van der Waals surface area contributed by atoms with Crippen LogP contribution in [0.25, 0.3) is 0 Å². The topological polar surface area (TPSA) is 39.7 Å². The molecule has 0 aromatic carbocycles. The van der Waals surface area contributed by atoms with E-state index in [2.05, 4.69) is 27.4 Å². The highest BCUT2D eigenvalue weighted by Crippen LogP contribution is 2.30. The van der Waals surface area contributed by atoms with Gasteiger partial charge in [0.1, 0.15) is 0 Å². The lowest BCUT2D eigenvalue weighted by Crippen LogP contribution is -2.45. The van der Waals surface area contributed by atoms with Gasteiger partial charge in [0.25, 0.3) is 0 Å². The predicted molar refractivity (Wildman–Crippen MR) is 85.6 cm³/mol. The zero-order chi connectivity index (χ0) is 11.8. The molecule has 3 rings (SSSR count). The summed E-state index contributed by atoms with van der Waals surface area (Å²) in [6, 6.07) is 2.15. The Morgan fingerprint density at radius 2 is 1.94 bits per heavy atom. The van der Waals surface area contributed by atoms with Gasteiger partial charge in [-0.1, -0.05) is 6.92 Å².